The van der Waals surface area contributed by atoms with Gasteiger partial charge in [-0.15, -0.1) is 0 Å². The smallest absolute Gasteiger partial charge is 0.0805 e. The number of hydrogen-bond acceptors (Lipinski definition) is 1. The third-order valence-corrected chi connectivity index (χ3v) is 3.69. The van der Waals surface area contributed by atoms with Crippen LogP contribution in [0.15, 0.2) is 61.7 Å². The molecule has 0 aliphatic carbocycles. The van der Waals surface area contributed by atoms with Gasteiger partial charge in [-0.2, -0.15) is 0 Å². The summed E-state index contributed by atoms with van der Waals surface area (Å²) in [6.45, 7) is 11.7. The van der Waals surface area contributed by atoms with Crippen molar-refractivity contribution in [1.29, 1.82) is 0 Å². The van der Waals surface area contributed by atoms with Crippen LogP contribution in [-0.2, 0) is 4.74 Å². The normalized spacial score (nSPS) is 13.4. The molecule has 0 aromatic heterocycles. The highest BCUT2D eigenvalue weighted by molar-refractivity contribution is 5.48. The van der Waals surface area contributed by atoms with Crippen molar-refractivity contribution in [3.8, 4) is 0 Å². The monoisotopic (exact) mass is 278 g/mol. The van der Waals surface area contributed by atoms with Crippen LogP contribution in [0, 0.1) is 0 Å². The topological polar surface area (TPSA) is 9.23 Å². The second-order valence-corrected chi connectivity index (χ2v) is 5.16. The van der Waals surface area contributed by atoms with Crippen LogP contribution in [-0.4, -0.2) is 0 Å². The van der Waals surface area contributed by atoms with Crippen molar-refractivity contribution in [1.82, 2.24) is 0 Å². The summed E-state index contributed by atoms with van der Waals surface area (Å²) in [6.07, 6.45) is 3.80. The van der Waals surface area contributed by atoms with E-state index in [1.807, 2.05) is 12.2 Å². The summed E-state index contributed by atoms with van der Waals surface area (Å²) in [7, 11) is 0. The minimum atomic E-state index is 0.0537. The Bertz CT molecular complexity index is 537. The first-order valence-corrected chi connectivity index (χ1v) is 7.24. The molecule has 2 rings (SSSR count). The van der Waals surface area contributed by atoms with E-state index < -0.39 is 0 Å². The third-order valence-electron chi connectivity index (χ3n) is 3.69. The standard InChI is InChI=1S/C20H22O/c1-5-17-7-11-19(12-8-17)15(3)21-16(4)20-13-9-18(6-2)10-14-20/h5-16H,1-2H2,3-4H3. The lowest BCUT2D eigenvalue weighted by Crippen LogP contribution is -2.05. The predicted octanol–water partition coefficient (Wildman–Crippen LogP) is 5.81. The van der Waals surface area contributed by atoms with E-state index in [1.54, 1.807) is 0 Å². The van der Waals surface area contributed by atoms with Crippen molar-refractivity contribution in [2.45, 2.75) is 26.1 Å². The first-order valence-electron chi connectivity index (χ1n) is 7.24. The van der Waals surface area contributed by atoms with Crippen LogP contribution in [0.2, 0.25) is 0 Å². The van der Waals surface area contributed by atoms with E-state index in [9.17, 15) is 0 Å². The molecular formula is C20H22O. The largest absolute Gasteiger partial charge is 0.366 e. The van der Waals surface area contributed by atoms with Crippen molar-refractivity contribution >= 4 is 12.2 Å². The van der Waals surface area contributed by atoms with Gasteiger partial charge in [0.25, 0.3) is 0 Å². The molecule has 21 heavy (non-hydrogen) atoms. The molecule has 2 aromatic rings. The van der Waals surface area contributed by atoms with E-state index in [2.05, 4.69) is 75.5 Å². The van der Waals surface area contributed by atoms with E-state index in [0.717, 1.165) is 11.1 Å². The highest BCUT2D eigenvalue weighted by atomic mass is 16.5. The average Bonchev–Trinajstić information content (AvgIpc) is 2.55. The number of ether oxygens (including phenoxy) is 1. The molecule has 0 saturated carbocycles. The SMILES string of the molecule is C=Cc1ccc(C(C)OC(C)c2ccc(C=C)cc2)cc1. The van der Waals surface area contributed by atoms with Crippen molar-refractivity contribution in [3.05, 3.63) is 83.9 Å². The Hall–Kier alpha value is -2.12. The molecule has 0 bridgehead atoms. The highest BCUT2D eigenvalue weighted by Gasteiger charge is 2.12. The summed E-state index contributed by atoms with van der Waals surface area (Å²) in [6, 6.07) is 16.6. The zero-order valence-corrected chi connectivity index (χ0v) is 12.8. The Morgan fingerprint density at radius 2 is 1.05 bits per heavy atom. The molecule has 1 nitrogen and oxygen atoms in total. The molecule has 0 aliphatic heterocycles. The first kappa shape index (κ1) is 15.3. The van der Waals surface area contributed by atoms with Gasteiger partial charge in [0.2, 0.25) is 0 Å². The van der Waals surface area contributed by atoms with Crippen molar-refractivity contribution in [2.75, 3.05) is 0 Å². The molecule has 0 spiro atoms. The summed E-state index contributed by atoms with van der Waals surface area (Å²) in [4.78, 5) is 0. The molecule has 2 atom stereocenters. The van der Waals surface area contributed by atoms with Crippen molar-refractivity contribution in [2.24, 2.45) is 0 Å². The van der Waals surface area contributed by atoms with Gasteiger partial charge < -0.3 is 4.74 Å². The predicted molar refractivity (Wildman–Crippen MR) is 91.0 cm³/mol. The Labute approximate surface area is 127 Å². The van der Waals surface area contributed by atoms with Gasteiger partial charge in [0.1, 0.15) is 0 Å². The Morgan fingerprint density at radius 1 is 0.714 bits per heavy atom. The van der Waals surface area contributed by atoms with E-state index in [0.29, 0.717) is 0 Å². The van der Waals surface area contributed by atoms with Gasteiger partial charge in [0.15, 0.2) is 0 Å². The quantitative estimate of drug-likeness (QED) is 0.647. The average molecular weight is 278 g/mol. The fourth-order valence-electron chi connectivity index (χ4n) is 2.27. The van der Waals surface area contributed by atoms with E-state index in [4.69, 9.17) is 4.74 Å². The summed E-state index contributed by atoms with van der Waals surface area (Å²) in [5.41, 5.74) is 4.60. The summed E-state index contributed by atoms with van der Waals surface area (Å²) in [5.74, 6) is 0. The van der Waals surface area contributed by atoms with E-state index in [1.165, 1.54) is 11.1 Å². The van der Waals surface area contributed by atoms with Gasteiger partial charge >= 0.3 is 0 Å². The summed E-state index contributed by atoms with van der Waals surface area (Å²) in [5, 5.41) is 0. The lowest BCUT2D eigenvalue weighted by molar-refractivity contribution is 0.00586. The highest BCUT2D eigenvalue weighted by Crippen LogP contribution is 2.26. The maximum absolute atomic E-state index is 6.12. The molecular weight excluding hydrogens is 256 g/mol. The Balaban J connectivity index is 2.04. The van der Waals surface area contributed by atoms with Crippen LogP contribution in [0.1, 0.15) is 48.3 Å². The van der Waals surface area contributed by atoms with Crippen LogP contribution >= 0.6 is 0 Å². The zero-order valence-electron chi connectivity index (χ0n) is 12.8. The van der Waals surface area contributed by atoms with Crippen molar-refractivity contribution < 1.29 is 4.74 Å². The molecule has 0 N–H and O–H groups in total. The molecule has 0 amide bonds. The lowest BCUT2D eigenvalue weighted by Gasteiger charge is -2.20. The van der Waals surface area contributed by atoms with Crippen LogP contribution in [0.25, 0.3) is 12.2 Å². The second kappa shape index (κ2) is 7.05. The van der Waals surface area contributed by atoms with Crippen molar-refractivity contribution in [3.63, 3.8) is 0 Å². The van der Waals surface area contributed by atoms with Gasteiger partial charge in [0, 0.05) is 0 Å². The minimum absolute atomic E-state index is 0.0537. The maximum atomic E-state index is 6.12. The Kier molecular flexibility index (Phi) is 5.13. The molecule has 1 heteroatoms. The molecule has 2 aromatic carbocycles. The first-order chi connectivity index (χ1) is 10.1. The number of rotatable bonds is 6. The molecule has 0 aliphatic rings. The fourth-order valence-corrected chi connectivity index (χ4v) is 2.27. The number of benzene rings is 2. The molecule has 108 valence electrons. The number of hydrogen-bond donors (Lipinski definition) is 0. The van der Waals surface area contributed by atoms with Crippen LogP contribution < -0.4 is 0 Å². The van der Waals surface area contributed by atoms with Gasteiger partial charge in [-0.3, -0.25) is 0 Å². The zero-order chi connectivity index (χ0) is 15.2. The van der Waals surface area contributed by atoms with Crippen LogP contribution in [0.4, 0.5) is 0 Å². The maximum Gasteiger partial charge on any atom is 0.0805 e. The molecule has 0 heterocycles. The molecule has 0 saturated heterocycles. The second-order valence-electron chi connectivity index (χ2n) is 5.16. The minimum Gasteiger partial charge on any atom is -0.366 e. The molecule has 0 fully saturated rings. The van der Waals surface area contributed by atoms with E-state index in [-0.39, 0.29) is 12.2 Å². The lowest BCUT2D eigenvalue weighted by atomic mass is 10.1. The van der Waals surface area contributed by atoms with Crippen LogP contribution in [0.3, 0.4) is 0 Å². The Morgan fingerprint density at radius 3 is 1.33 bits per heavy atom. The van der Waals surface area contributed by atoms with Gasteiger partial charge in [0.05, 0.1) is 12.2 Å². The molecule has 2 unspecified atom stereocenters. The summed E-state index contributed by atoms with van der Waals surface area (Å²) >= 11 is 0. The van der Waals surface area contributed by atoms with Crippen LogP contribution in [0.5, 0.6) is 0 Å². The summed E-state index contributed by atoms with van der Waals surface area (Å²) < 4.78 is 6.12. The molecule has 0 radical (unpaired) electrons. The van der Waals surface area contributed by atoms with Gasteiger partial charge in [-0.05, 0) is 36.1 Å². The van der Waals surface area contributed by atoms with Gasteiger partial charge in [-0.1, -0.05) is 73.8 Å². The van der Waals surface area contributed by atoms with E-state index >= 15 is 0 Å². The third kappa shape index (κ3) is 3.93. The fraction of sp³-hybridized carbons (Fsp3) is 0.200. The van der Waals surface area contributed by atoms with Gasteiger partial charge in [-0.25, -0.2) is 0 Å².